The highest BCUT2D eigenvalue weighted by molar-refractivity contribution is 5.71. The molecule has 0 saturated carbocycles. The van der Waals surface area contributed by atoms with Gasteiger partial charge in [0.05, 0.1) is 0 Å². The Balaban J connectivity index is 4.21. The summed E-state index contributed by atoms with van der Waals surface area (Å²) >= 11 is 0. The van der Waals surface area contributed by atoms with Crippen molar-refractivity contribution in [2.75, 3.05) is 13.2 Å². The topological polar surface area (TPSA) is 78.9 Å². The summed E-state index contributed by atoms with van der Waals surface area (Å²) in [5, 5.41) is 0. The lowest BCUT2D eigenvalue weighted by atomic mass is 9.99. The molecule has 65 heavy (non-hydrogen) atoms. The summed E-state index contributed by atoms with van der Waals surface area (Å²) in [5.41, 5.74) is 0. The van der Waals surface area contributed by atoms with Gasteiger partial charge in [-0.05, 0) is 31.1 Å². The molecule has 6 heteroatoms. The van der Waals surface area contributed by atoms with Gasteiger partial charge < -0.3 is 14.2 Å². The molecule has 0 spiro atoms. The molecule has 1 unspecified atom stereocenters. The van der Waals surface area contributed by atoms with E-state index in [0.717, 1.165) is 69.6 Å². The summed E-state index contributed by atoms with van der Waals surface area (Å²) in [6.45, 7) is 11.5. The first-order valence-electron chi connectivity index (χ1n) is 29.3. The summed E-state index contributed by atoms with van der Waals surface area (Å²) in [5.74, 6) is 0.909. The molecule has 0 aliphatic rings. The molecule has 0 aliphatic carbocycles. The van der Waals surface area contributed by atoms with Crippen molar-refractivity contribution in [1.29, 1.82) is 0 Å². The van der Waals surface area contributed by atoms with E-state index in [-0.39, 0.29) is 31.1 Å². The van der Waals surface area contributed by atoms with Gasteiger partial charge in [-0.15, -0.1) is 0 Å². The molecule has 0 heterocycles. The lowest BCUT2D eigenvalue weighted by molar-refractivity contribution is -0.167. The third-order valence-electron chi connectivity index (χ3n) is 13.8. The van der Waals surface area contributed by atoms with E-state index in [9.17, 15) is 14.4 Å². The molecule has 2 atom stereocenters. The maximum Gasteiger partial charge on any atom is 0.306 e. The normalized spacial score (nSPS) is 12.5. The minimum atomic E-state index is -0.762. The van der Waals surface area contributed by atoms with Crippen LogP contribution in [0.4, 0.5) is 0 Å². The number of unbranched alkanes of at least 4 members (excludes halogenated alkanes) is 37. The van der Waals surface area contributed by atoms with Gasteiger partial charge >= 0.3 is 17.9 Å². The Morgan fingerprint density at radius 3 is 0.877 bits per heavy atom. The maximum absolute atomic E-state index is 12.8. The zero-order valence-corrected chi connectivity index (χ0v) is 44.6. The predicted octanol–water partition coefficient (Wildman–Crippen LogP) is 19.3. The minimum Gasteiger partial charge on any atom is -0.462 e. The van der Waals surface area contributed by atoms with E-state index in [0.29, 0.717) is 19.3 Å². The van der Waals surface area contributed by atoms with Crippen molar-refractivity contribution in [2.45, 2.75) is 336 Å². The molecule has 0 aliphatic heterocycles. The fraction of sp³-hybridized carbons (Fsp3) is 0.949. The zero-order chi connectivity index (χ0) is 47.5. The van der Waals surface area contributed by atoms with Gasteiger partial charge in [-0.1, -0.05) is 291 Å². The van der Waals surface area contributed by atoms with E-state index in [1.54, 1.807) is 0 Å². The van der Waals surface area contributed by atoms with Gasteiger partial charge in [0.15, 0.2) is 6.10 Å². The molecule has 0 fully saturated rings. The first-order chi connectivity index (χ1) is 31.8. The van der Waals surface area contributed by atoms with Gasteiger partial charge in [0.1, 0.15) is 13.2 Å². The van der Waals surface area contributed by atoms with Crippen molar-refractivity contribution in [3.05, 3.63) is 0 Å². The molecule has 0 bridgehead atoms. The molecule has 0 saturated heterocycles. The van der Waals surface area contributed by atoms with Gasteiger partial charge in [-0.3, -0.25) is 14.4 Å². The summed E-state index contributed by atoms with van der Waals surface area (Å²) < 4.78 is 16.9. The fourth-order valence-corrected chi connectivity index (χ4v) is 9.02. The third kappa shape index (κ3) is 51.6. The Morgan fingerprint density at radius 2 is 0.585 bits per heavy atom. The summed E-state index contributed by atoms with van der Waals surface area (Å²) in [7, 11) is 0. The largest absolute Gasteiger partial charge is 0.462 e. The molecule has 6 nitrogen and oxygen atoms in total. The minimum absolute atomic E-state index is 0.0627. The Labute approximate surface area is 406 Å². The number of hydrogen-bond acceptors (Lipinski definition) is 6. The van der Waals surface area contributed by atoms with Crippen molar-refractivity contribution in [1.82, 2.24) is 0 Å². The van der Waals surface area contributed by atoms with Crippen LogP contribution in [0.3, 0.4) is 0 Å². The first-order valence-corrected chi connectivity index (χ1v) is 29.3. The summed E-state index contributed by atoms with van der Waals surface area (Å²) in [4.78, 5) is 38.1. The smallest absolute Gasteiger partial charge is 0.306 e. The van der Waals surface area contributed by atoms with Crippen molar-refractivity contribution in [3.63, 3.8) is 0 Å². The number of esters is 3. The van der Waals surface area contributed by atoms with Crippen molar-refractivity contribution in [2.24, 2.45) is 11.8 Å². The van der Waals surface area contributed by atoms with Crippen LogP contribution in [-0.2, 0) is 28.6 Å². The van der Waals surface area contributed by atoms with Gasteiger partial charge in [-0.25, -0.2) is 0 Å². The standard InChI is InChI=1S/C59H114O6/c1-6-8-9-10-11-12-29-36-41-46-51-59(62)65-56(53-64-58(61)50-45-40-35-31-26-22-18-17-20-24-28-33-38-43-48-55(5)7-2)52-63-57(60)49-44-39-34-30-25-21-16-14-13-15-19-23-27-32-37-42-47-54(3)4/h54-56H,6-53H2,1-5H3/t55?,56-/m1/s1. The lowest BCUT2D eigenvalue weighted by Gasteiger charge is -2.18. The maximum atomic E-state index is 12.8. The van der Waals surface area contributed by atoms with Crippen molar-refractivity contribution >= 4 is 17.9 Å². The molecule has 0 aromatic carbocycles. The van der Waals surface area contributed by atoms with Crippen LogP contribution >= 0.6 is 0 Å². The average Bonchev–Trinajstić information content (AvgIpc) is 3.29. The Morgan fingerprint density at radius 1 is 0.323 bits per heavy atom. The Bertz CT molecular complexity index is 995. The van der Waals surface area contributed by atoms with Gasteiger partial charge in [0.2, 0.25) is 0 Å². The Kier molecular flexibility index (Phi) is 50.5. The van der Waals surface area contributed by atoms with E-state index in [4.69, 9.17) is 14.2 Å². The highest BCUT2D eigenvalue weighted by Gasteiger charge is 2.19. The molecule has 0 amide bonds. The van der Waals surface area contributed by atoms with Crippen LogP contribution in [0.25, 0.3) is 0 Å². The number of ether oxygens (including phenoxy) is 3. The van der Waals surface area contributed by atoms with Crippen LogP contribution in [0.15, 0.2) is 0 Å². The molecular weight excluding hydrogens is 805 g/mol. The molecule has 0 aromatic rings. The van der Waals surface area contributed by atoms with Crippen molar-refractivity contribution < 1.29 is 28.6 Å². The second kappa shape index (κ2) is 51.8. The number of rotatable bonds is 53. The van der Waals surface area contributed by atoms with Gasteiger partial charge in [0.25, 0.3) is 0 Å². The molecular formula is C59H114O6. The Hall–Kier alpha value is -1.59. The number of hydrogen-bond donors (Lipinski definition) is 0. The van der Waals surface area contributed by atoms with Crippen LogP contribution in [0, 0.1) is 11.8 Å². The first kappa shape index (κ1) is 63.4. The van der Waals surface area contributed by atoms with E-state index >= 15 is 0 Å². The third-order valence-corrected chi connectivity index (χ3v) is 13.8. The highest BCUT2D eigenvalue weighted by atomic mass is 16.6. The second-order valence-electron chi connectivity index (χ2n) is 21.0. The molecule has 386 valence electrons. The summed E-state index contributed by atoms with van der Waals surface area (Å²) in [6, 6.07) is 0. The monoisotopic (exact) mass is 919 g/mol. The SMILES string of the molecule is CCCCCCCCCCCCC(=O)O[C@H](COC(=O)CCCCCCCCCCCCCCCCCCC(C)C)COC(=O)CCCCCCCCCCCCCCCCC(C)CC. The molecule has 0 aromatic heterocycles. The predicted molar refractivity (Wildman–Crippen MR) is 280 cm³/mol. The molecule has 0 rings (SSSR count). The van der Waals surface area contributed by atoms with Crippen LogP contribution in [0.5, 0.6) is 0 Å². The van der Waals surface area contributed by atoms with E-state index < -0.39 is 6.10 Å². The van der Waals surface area contributed by atoms with E-state index in [1.165, 1.54) is 218 Å². The second-order valence-corrected chi connectivity index (χ2v) is 21.0. The molecule has 0 radical (unpaired) electrons. The number of carbonyl (C=O) groups excluding carboxylic acids is 3. The fourth-order valence-electron chi connectivity index (χ4n) is 9.02. The number of carbonyl (C=O) groups is 3. The average molecular weight is 920 g/mol. The van der Waals surface area contributed by atoms with E-state index in [2.05, 4.69) is 34.6 Å². The van der Waals surface area contributed by atoms with Crippen LogP contribution < -0.4 is 0 Å². The highest BCUT2D eigenvalue weighted by Crippen LogP contribution is 2.19. The van der Waals surface area contributed by atoms with E-state index in [1.807, 2.05) is 0 Å². The lowest BCUT2D eigenvalue weighted by Crippen LogP contribution is -2.30. The van der Waals surface area contributed by atoms with Gasteiger partial charge in [-0.2, -0.15) is 0 Å². The zero-order valence-electron chi connectivity index (χ0n) is 44.6. The van der Waals surface area contributed by atoms with Crippen molar-refractivity contribution in [3.8, 4) is 0 Å². The quantitative estimate of drug-likeness (QED) is 0.0344. The van der Waals surface area contributed by atoms with Crippen LogP contribution in [0.1, 0.15) is 330 Å². The molecule has 0 N–H and O–H groups in total. The summed E-state index contributed by atoms with van der Waals surface area (Å²) in [6.07, 6.45) is 55.2. The van der Waals surface area contributed by atoms with Gasteiger partial charge in [0, 0.05) is 19.3 Å². The van der Waals surface area contributed by atoms with Crippen LogP contribution in [-0.4, -0.2) is 37.2 Å². The van der Waals surface area contributed by atoms with Crippen LogP contribution in [0.2, 0.25) is 0 Å².